The van der Waals surface area contributed by atoms with Crippen molar-refractivity contribution in [3.63, 3.8) is 0 Å². The van der Waals surface area contributed by atoms with E-state index < -0.39 is 30.9 Å². The van der Waals surface area contributed by atoms with Crippen LogP contribution in [0.3, 0.4) is 0 Å². The average molecular weight is 408 g/mol. The summed E-state index contributed by atoms with van der Waals surface area (Å²) in [5.74, 6) is -2.17. The predicted molar refractivity (Wildman–Crippen MR) is 110 cm³/mol. The van der Waals surface area contributed by atoms with Crippen molar-refractivity contribution < 1.29 is 23.9 Å². The van der Waals surface area contributed by atoms with E-state index in [1.54, 1.807) is 31.3 Å². The molecule has 0 unspecified atom stereocenters. The molecule has 2 aromatic carbocycles. The molecule has 0 N–H and O–H groups in total. The maximum absolute atomic E-state index is 12.5. The normalized spacial score (nSPS) is 13.1. The minimum Gasteiger partial charge on any atom is -0.454 e. The van der Waals surface area contributed by atoms with Gasteiger partial charge in [0, 0.05) is 19.2 Å². The van der Waals surface area contributed by atoms with E-state index >= 15 is 0 Å². The number of hydrogen-bond acceptors (Lipinski definition) is 5. The third-order valence-electron chi connectivity index (χ3n) is 5.11. The summed E-state index contributed by atoms with van der Waals surface area (Å²) in [5, 5.41) is 0. The summed E-state index contributed by atoms with van der Waals surface area (Å²) < 4.78 is 5.02. The Labute approximate surface area is 175 Å². The number of hydrogen-bond donors (Lipinski definition) is 0. The molecule has 30 heavy (non-hydrogen) atoms. The van der Waals surface area contributed by atoms with E-state index in [0.717, 1.165) is 21.6 Å². The van der Waals surface area contributed by atoms with Gasteiger partial charge >= 0.3 is 5.97 Å². The predicted octanol–water partition coefficient (Wildman–Crippen LogP) is 2.03. The van der Waals surface area contributed by atoms with Gasteiger partial charge in [-0.1, -0.05) is 42.0 Å². The van der Waals surface area contributed by atoms with E-state index in [0.29, 0.717) is 17.7 Å². The maximum atomic E-state index is 12.5. The van der Waals surface area contributed by atoms with Crippen LogP contribution < -0.4 is 0 Å². The lowest BCUT2D eigenvalue weighted by Gasteiger charge is -2.26. The fourth-order valence-electron chi connectivity index (χ4n) is 3.35. The molecule has 1 aliphatic rings. The van der Waals surface area contributed by atoms with Gasteiger partial charge in [0.2, 0.25) is 5.91 Å². The van der Waals surface area contributed by atoms with E-state index in [1.165, 1.54) is 4.90 Å². The molecule has 0 spiro atoms. The molecular formula is C23H24N2O5. The van der Waals surface area contributed by atoms with Crippen LogP contribution in [0.15, 0.2) is 42.5 Å². The van der Waals surface area contributed by atoms with Gasteiger partial charge in [0.1, 0.15) is 6.54 Å². The Morgan fingerprint density at radius 1 is 1.10 bits per heavy atom. The molecule has 1 aliphatic heterocycles. The van der Waals surface area contributed by atoms with Crippen LogP contribution in [0.25, 0.3) is 0 Å². The molecule has 0 radical (unpaired) electrons. The monoisotopic (exact) mass is 408 g/mol. The summed E-state index contributed by atoms with van der Waals surface area (Å²) in [6, 6.07) is 12.8. The van der Waals surface area contributed by atoms with Crippen molar-refractivity contribution in [3.05, 3.63) is 70.3 Å². The third kappa shape index (κ3) is 4.74. The Morgan fingerprint density at radius 3 is 2.57 bits per heavy atom. The number of rotatable bonds is 6. The highest BCUT2D eigenvalue weighted by Crippen LogP contribution is 2.19. The molecule has 1 heterocycles. The Kier molecular flexibility index (Phi) is 6.30. The van der Waals surface area contributed by atoms with Crippen molar-refractivity contribution in [2.75, 3.05) is 20.2 Å². The number of fused-ring (bicyclic) bond motifs is 1. The van der Waals surface area contributed by atoms with Gasteiger partial charge in [-0.05, 0) is 36.6 Å². The Balaban J connectivity index is 1.53. The highest BCUT2D eigenvalue weighted by molar-refractivity contribution is 6.11. The highest BCUT2D eigenvalue weighted by Gasteiger charge is 2.32. The Hall–Kier alpha value is -3.48. The van der Waals surface area contributed by atoms with E-state index in [9.17, 15) is 19.2 Å². The van der Waals surface area contributed by atoms with E-state index in [2.05, 4.69) is 0 Å². The van der Waals surface area contributed by atoms with Gasteiger partial charge < -0.3 is 9.64 Å². The average Bonchev–Trinajstić information content (AvgIpc) is 2.71. The number of esters is 1. The minimum absolute atomic E-state index is 0.0484. The number of carbonyl (C=O) groups is 4. The van der Waals surface area contributed by atoms with Crippen molar-refractivity contribution in [2.45, 2.75) is 26.8 Å². The summed E-state index contributed by atoms with van der Waals surface area (Å²) in [4.78, 5) is 51.5. The molecule has 156 valence electrons. The fourth-order valence-corrected chi connectivity index (χ4v) is 3.35. The lowest BCUT2D eigenvalue weighted by atomic mass is 9.98. The second-order valence-electron chi connectivity index (χ2n) is 7.46. The number of benzene rings is 2. The smallest absolute Gasteiger partial charge is 0.326 e. The molecule has 0 atom stereocenters. The summed E-state index contributed by atoms with van der Waals surface area (Å²) >= 11 is 0. The maximum Gasteiger partial charge on any atom is 0.326 e. The lowest BCUT2D eigenvalue weighted by molar-refractivity contribution is -0.153. The Morgan fingerprint density at radius 2 is 1.83 bits per heavy atom. The summed E-state index contributed by atoms with van der Waals surface area (Å²) in [7, 11) is 1.63. The molecule has 0 saturated heterocycles. The highest BCUT2D eigenvalue weighted by atomic mass is 16.5. The van der Waals surface area contributed by atoms with Crippen LogP contribution in [0.4, 0.5) is 0 Å². The second-order valence-corrected chi connectivity index (χ2v) is 7.46. The minimum atomic E-state index is -0.802. The second kappa shape index (κ2) is 8.90. The quantitative estimate of drug-likeness (QED) is 0.539. The van der Waals surface area contributed by atoms with Crippen LogP contribution in [0.5, 0.6) is 0 Å². The summed E-state index contributed by atoms with van der Waals surface area (Å²) in [6.07, 6.45) is 0.0484. The fraction of sp³-hybridized carbons (Fsp3) is 0.304. The van der Waals surface area contributed by atoms with Crippen LogP contribution in [-0.2, 0) is 32.1 Å². The molecule has 0 bridgehead atoms. The lowest BCUT2D eigenvalue weighted by Crippen LogP contribution is -2.45. The third-order valence-corrected chi connectivity index (χ3v) is 5.11. The first kappa shape index (κ1) is 21.2. The van der Waals surface area contributed by atoms with E-state index in [-0.39, 0.29) is 12.3 Å². The van der Waals surface area contributed by atoms with Crippen LogP contribution in [0.2, 0.25) is 0 Å². The zero-order chi connectivity index (χ0) is 21.8. The number of likely N-dealkylation sites (N-methyl/N-ethyl adjacent to an activating group) is 1. The van der Waals surface area contributed by atoms with Gasteiger partial charge in [-0.2, -0.15) is 0 Å². The summed E-state index contributed by atoms with van der Waals surface area (Å²) in [6.45, 7) is 3.41. The number of nitrogens with zero attached hydrogens (tertiary/aromatic N) is 2. The van der Waals surface area contributed by atoms with Crippen molar-refractivity contribution >= 4 is 23.7 Å². The molecule has 3 amide bonds. The molecule has 0 fully saturated rings. The first-order valence-electron chi connectivity index (χ1n) is 9.64. The first-order chi connectivity index (χ1) is 14.3. The molecule has 0 saturated carbocycles. The molecule has 7 nitrogen and oxygen atoms in total. The number of amides is 3. The molecule has 0 aromatic heterocycles. The Bertz CT molecular complexity index is 1010. The van der Waals surface area contributed by atoms with Gasteiger partial charge in [0.15, 0.2) is 6.61 Å². The number of imide groups is 1. The van der Waals surface area contributed by atoms with Crippen molar-refractivity contribution in [2.24, 2.45) is 0 Å². The number of carbonyl (C=O) groups excluding carboxylic acids is 4. The van der Waals surface area contributed by atoms with Gasteiger partial charge in [-0.3, -0.25) is 24.1 Å². The van der Waals surface area contributed by atoms with Crippen LogP contribution in [0, 0.1) is 13.8 Å². The largest absolute Gasteiger partial charge is 0.454 e. The SMILES string of the molecule is Cc1ccc(CN(C)C(=O)COC(=O)CN2C(=O)Cc3ccccc3C2=O)c(C)c1. The summed E-state index contributed by atoms with van der Waals surface area (Å²) in [5.41, 5.74) is 4.26. The topological polar surface area (TPSA) is 84.0 Å². The van der Waals surface area contributed by atoms with Gasteiger partial charge in [-0.25, -0.2) is 0 Å². The molecule has 7 heteroatoms. The van der Waals surface area contributed by atoms with Crippen LogP contribution >= 0.6 is 0 Å². The van der Waals surface area contributed by atoms with Crippen LogP contribution in [-0.4, -0.2) is 53.7 Å². The number of ether oxygens (including phenoxy) is 1. The zero-order valence-electron chi connectivity index (χ0n) is 17.3. The van der Waals surface area contributed by atoms with Crippen molar-refractivity contribution in [1.82, 2.24) is 9.80 Å². The molecule has 0 aliphatic carbocycles. The first-order valence-corrected chi connectivity index (χ1v) is 9.64. The standard InChI is InChI=1S/C23H24N2O5/c1-15-8-9-18(16(2)10-15)12-24(3)21(27)14-30-22(28)13-25-20(26)11-17-6-4-5-7-19(17)23(25)29/h4-10H,11-14H2,1-3H3. The van der Waals surface area contributed by atoms with Gasteiger partial charge in [-0.15, -0.1) is 0 Å². The van der Waals surface area contributed by atoms with E-state index in [4.69, 9.17) is 4.74 Å². The molecule has 2 aromatic rings. The number of aryl methyl sites for hydroxylation is 2. The van der Waals surface area contributed by atoms with Crippen LogP contribution in [0.1, 0.15) is 32.6 Å². The van der Waals surface area contributed by atoms with Gasteiger partial charge in [0.05, 0.1) is 6.42 Å². The van der Waals surface area contributed by atoms with Crippen molar-refractivity contribution in [3.8, 4) is 0 Å². The molecular weight excluding hydrogens is 384 g/mol. The molecule has 3 rings (SSSR count). The zero-order valence-corrected chi connectivity index (χ0v) is 17.3. The van der Waals surface area contributed by atoms with Crippen molar-refractivity contribution in [1.29, 1.82) is 0 Å². The van der Waals surface area contributed by atoms with Gasteiger partial charge in [0.25, 0.3) is 11.8 Å². The van der Waals surface area contributed by atoms with E-state index in [1.807, 2.05) is 32.0 Å².